The summed E-state index contributed by atoms with van der Waals surface area (Å²) in [5, 5.41) is 0. The van der Waals surface area contributed by atoms with E-state index in [0.717, 1.165) is 9.32 Å². The van der Waals surface area contributed by atoms with Crippen molar-refractivity contribution in [2.75, 3.05) is 7.11 Å². The molecule has 2 rings (SSSR count). The van der Waals surface area contributed by atoms with E-state index >= 15 is 0 Å². The summed E-state index contributed by atoms with van der Waals surface area (Å²) in [4.78, 5) is 11.2. The molecule has 0 unspecified atom stereocenters. The first kappa shape index (κ1) is 12.9. The van der Waals surface area contributed by atoms with Gasteiger partial charge in [0.25, 0.3) is 0 Å². The molecule has 94 valence electrons. The third-order valence-electron chi connectivity index (χ3n) is 2.24. The summed E-state index contributed by atoms with van der Waals surface area (Å²) < 4.78 is 16.5. The van der Waals surface area contributed by atoms with Gasteiger partial charge in [-0.3, -0.25) is 0 Å². The lowest BCUT2D eigenvalue weighted by molar-refractivity contribution is 0.0561. The van der Waals surface area contributed by atoms with Crippen molar-refractivity contribution in [1.82, 2.24) is 0 Å². The molecule has 1 heterocycles. The van der Waals surface area contributed by atoms with Gasteiger partial charge in [-0.15, -0.1) is 0 Å². The number of hydrogen-bond acceptors (Lipinski definition) is 4. The highest BCUT2D eigenvalue weighted by Crippen LogP contribution is 2.16. The molecule has 0 saturated carbocycles. The molecular formula is C13H11IO4. The number of carbonyl (C=O) groups excluding carboxylic acids is 1. The van der Waals surface area contributed by atoms with E-state index in [-0.39, 0.29) is 12.4 Å². The first-order valence-corrected chi connectivity index (χ1v) is 6.32. The average Bonchev–Trinajstić information content (AvgIpc) is 2.86. The molecule has 18 heavy (non-hydrogen) atoms. The first-order chi connectivity index (χ1) is 8.69. The zero-order valence-corrected chi connectivity index (χ0v) is 11.8. The molecule has 0 aliphatic heterocycles. The largest absolute Gasteiger partial charge is 0.486 e. The second-order valence-corrected chi connectivity index (χ2v) is 4.75. The molecule has 0 aliphatic carbocycles. The molecule has 0 saturated heterocycles. The van der Waals surface area contributed by atoms with Gasteiger partial charge in [0.1, 0.15) is 18.1 Å². The molecule has 1 aromatic carbocycles. The summed E-state index contributed by atoms with van der Waals surface area (Å²) >= 11 is 2.23. The maximum absolute atomic E-state index is 11.2. The van der Waals surface area contributed by atoms with Crippen LogP contribution in [0.2, 0.25) is 0 Å². The van der Waals surface area contributed by atoms with Crippen molar-refractivity contribution in [3.8, 4) is 5.75 Å². The van der Waals surface area contributed by atoms with Crippen molar-refractivity contribution >= 4 is 28.6 Å². The number of ether oxygens (including phenoxy) is 2. The van der Waals surface area contributed by atoms with Crippen LogP contribution in [0, 0.1) is 3.57 Å². The van der Waals surface area contributed by atoms with Crippen molar-refractivity contribution in [2.24, 2.45) is 0 Å². The van der Waals surface area contributed by atoms with Crippen molar-refractivity contribution < 1.29 is 18.7 Å². The Morgan fingerprint density at radius 1 is 1.22 bits per heavy atom. The number of benzene rings is 1. The summed E-state index contributed by atoms with van der Waals surface area (Å²) in [5.41, 5.74) is 0. The van der Waals surface area contributed by atoms with Gasteiger partial charge in [-0.2, -0.15) is 0 Å². The van der Waals surface area contributed by atoms with Gasteiger partial charge >= 0.3 is 5.97 Å². The minimum absolute atomic E-state index is 0.179. The van der Waals surface area contributed by atoms with Gasteiger partial charge in [0, 0.05) is 3.57 Å². The minimum atomic E-state index is -0.490. The molecule has 0 aliphatic rings. The normalized spacial score (nSPS) is 10.1. The van der Waals surface area contributed by atoms with Crippen LogP contribution >= 0.6 is 22.6 Å². The second-order valence-electron chi connectivity index (χ2n) is 3.50. The van der Waals surface area contributed by atoms with Crippen molar-refractivity contribution in [3.05, 3.63) is 51.5 Å². The number of rotatable bonds is 4. The van der Waals surface area contributed by atoms with E-state index in [1.807, 2.05) is 24.3 Å². The van der Waals surface area contributed by atoms with Gasteiger partial charge in [0.2, 0.25) is 5.76 Å². The molecule has 0 bridgehead atoms. The van der Waals surface area contributed by atoms with Crippen LogP contribution in [-0.4, -0.2) is 13.1 Å². The van der Waals surface area contributed by atoms with Gasteiger partial charge in [-0.1, -0.05) is 0 Å². The molecular weight excluding hydrogens is 347 g/mol. The molecule has 0 N–H and O–H groups in total. The molecule has 0 spiro atoms. The van der Waals surface area contributed by atoms with Crippen LogP contribution in [0.5, 0.6) is 5.75 Å². The Morgan fingerprint density at radius 3 is 2.61 bits per heavy atom. The number of methoxy groups -OCH3 is 1. The summed E-state index contributed by atoms with van der Waals surface area (Å²) in [5.74, 6) is 1.02. The predicted octanol–water partition coefficient (Wildman–Crippen LogP) is 3.25. The molecule has 0 fully saturated rings. The van der Waals surface area contributed by atoms with Crippen LogP contribution in [-0.2, 0) is 11.3 Å². The summed E-state index contributed by atoms with van der Waals surface area (Å²) in [6.07, 6.45) is 0. The van der Waals surface area contributed by atoms with Gasteiger partial charge in [-0.05, 0) is 59.0 Å². The third-order valence-corrected chi connectivity index (χ3v) is 2.96. The molecule has 2 aromatic rings. The Morgan fingerprint density at radius 2 is 1.94 bits per heavy atom. The van der Waals surface area contributed by atoms with Gasteiger partial charge in [0.15, 0.2) is 0 Å². The van der Waals surface area contributed by atoms with Gasteiger partial charge in [-0.25, -0.2) is 4.79 Å². The molecule has 0 amide bonds. The van der Waals surface area contributed by atoms with E-state index < -0.39 is 5.97 Å². The van der Waals surface area contributed by atoms with Crippen molar-refractivity contribution in [1.29, 1.82) is 0 Å². The fraction of sp³-hybridized carbons (Fsp3) is 0.154. The zero-order valence-electron chi connectivity index (χ0n) is 9.68. The van der Waals surface area contributed by atoms with Crippen LogP contribution in [0.25, 0.3) is 0 Å². The van der Waals surface area contributed by atoms with Gasteiger partial charge < -0.3 is 13.9 Å². The predicted molar refractivity (Wildman–Crippen MR) is 73.5 cm³/mol. The van der Waals surface area contributed by atoms with Crippen molar-refractivity contribution in [3.63, 3.8) is 0 Å². The molecule has 0 atom stereocenters. The highest BCUT2D eigenvalue weighted by atomic mass is 127. The maximum atomic E-state index is 11.2. The maximum Gasteiger partial charge on any atom is 0.373 e. The minimum Gasteiger partial charge on any atom is -0.486 e. The molecule has 5 heteroatoms. The third kappa shape index (κ3) is 3.25. The average molecular weight is 358 g/mol. The fourth-order valence-electron chi connectivity index (χ4n) is 1.35. The lowest BCUT2D eigenvalue weighted by Gasteiger charge is -2.03. The number of halogens is 1. The molecule has 4 nitrogen and oxygen atoms in total. The van der Waals surface area contributed by atoms with E-state index in [4.69, 9.17) is 9.15 Å². The molecule has 0 radical (unpaired) electrons. The standard InChI is InChI=1S/C13H11IO4/c1-16-13(15)12-7-6-11(18-12)8-17-10-4-2-9(14)3-5-10/h2-7H,8H2,1H3. The van der Waals surface area contributed by atoms with Gasteiger partial charge in [0.05, 0.1) is 7.11 Å². The Balaban J connectivity index is 1.96. The van der Waals surface area contributed by atoms with E-state index in [1.54, 1.807) is 12.1 Å². The number of hydrogen-bond donors (Lipinski definition) is 0. The van der Waals surface area contributed by atoms with Crippen molar-refractivity contribution in [2.45, 2.75) is 6.61 Å². The SMILES string of the molecule is COC(=O)c1ccc(COc2ccc(I)cc2)o1. The van der Waals surface area contributed by atoms with E-state index in [9.17, 15) is 4.79 Å². The summed E-state index contributed by atoms with van der Waals surface area (Å²) in [7, 11) is 1.31. The van der Waals surface area contributed by atoms with E-state index in [2.05, 4.69) is 27.3 Å². The van der Waals surface area contributed by atoms with E-state index in [0.29, 0.717) is 5.76 Å². The van der Waals surface area contributed by atoms with Crippen LogP contribution < -0.4 is 4.74 Å². The highest BCUT2D eigenvalue weighted by molar-refractivity contribution is 14.1. The number of carbonyl (C=O) groups is 1. The van der Waals surface area contributed by atoms with Crippen LogP contribution in [0.1, 0.15) is 16.3 Å². The molecule has 1 aromatic heterocycles. The van der Waals surface area contributed by atoms with Crippen LogP contribution in [0.4, 0.5) is 0 Å². The second kappa shape index (κ2) is 5.90. The van der Waals surface area contributed by atoms with Crippen LogP contribution in [0.3, 0.4) is 0 Å². The topological polar surface area (TPSA) is 48.7 Å². The Bertz CT molecular complexity index is 530. The summed E-state index contributed by atoms with van der Waals surface area (Å²) in [6, 6.07) is 10.9. The monoisotopic (exact) mass is 358 g/mol. The number of furan rings is 1. The Kier molecular flexibility index (Phi) is 4.24. The highest BCUT2D eigenvalue weighted by Gasteiger charge is 2.11. The van der Waals surface area contributed by atoms with E-state index in [1.165, 1.54) is 7.11 Å². The summed E-state index contributed by atoms with van der Waals surface area (Å²) in [6.45, 7) is 0.275. The lowest BCUT2D eigenvalue weighted by Crippen LogP contribution is -1.99. The quantitative estimate of drug-likeness (QED) is 0.622. The number of esters is 1. The van der Waals surface area contributed by atoms with Crippen LogP contribution in [0.15, 0.2) is 40.8 Å². The Hall–Kier alpha value is -1.50. The first-order valence-electron chi connectivity index (χ1n) is 5.24. The lowest BCUT2D eigenvalue weighted by atomic mass is 10.3. The fourth-order valence-corrected chi connectivity index (χ4v) is 1.71. The zero-order chi connectivity index (χ0) is 13.0. The smallest absolute Gasteiger partial charge is 0.373 e. The Labute approximate surface area is 118 Å².